The van der Waals surface area contributed by atoms with Gasteiger partial charge in [0.15, 0.2) is 0 Å². The molecule has 1 saturated carbocycles. The number of carbonyl (C=O) groups excluding carboxylic acids is 3. The van der Waals surface area contributed by atoms with E-state index in [1.165, 1.54) is 4.90 Å². The number of hydrogen-bond donors (Lipinski definition) is 3. The Balaban J connectivity index is 1.98. The van der Waals surface area contributed by atoms with Crippen molar-refractivity contribution in [3.8, 4) is 0 Å². The number of ether oxygens (including phenoxy) is 1. The van der Waals surface area contributed by atoms with Crippen molar-refractivity contribution >= 4 is 32.2 Å². The van der Waals surface area contributed by atoms with Crippen molar-refractivity contribution in [1.29, 1.82) is 0 Å². The summed E-state index contributed by atoms with van der Waals surface area (Å²) in [6.45, 7) is 18.6. The van der Waals surface area contributed by atoms with Crippen LogP contribution in [0.4, 0.5) is 4.79 Å². The second kappa shape index (κ2) is 13.7. The van der Waals surface area contributed by atoms with Crippen LogP contribution in [0, 0.1) is 5.92 Å². The van der Waals surface area contributed by atoms with Gasteiger partial charge in [-0.25, -0.2) is 9.59 Å². The zero-order valence-corrected chi connectivity index (χ0v) is 28.7. The number of carboxylic acid groups (broad SMARTS) is 1. The van der Waals surface area contributed by atoms with Gasteiger partial charge in [0, 0.05) is 18.9 Å². The lowest BCUT2D eigenvalue weighted by Crippen LogP contribution is -2.56. The van der Waals surface area contributed by atoms with Crippen LogP contribution in [0.1, 0.15) is 107 Å². The van der Waals surface area contributed by atoms with E-state index in [1.54, 1.807) is 20.8 Å². The summed E-state index contributed by atoms with van der Waals surface area (Å²) in [7, 11) is -2.35. The number of carboxylic acids is 1. The molecule has 1 aliphatic carbocycles. The fraction of sp³-hybridized carbons (Fsp3) is 0.812. The molecule has 1 saturated heterocycles. The molecule has 3 amide bonds. The number of nitrogens with one attached hydrogen (secondary N) is 2. The van der Waals surface area contributed by atoms with E-state index in [-0.39, 0.29) is 30.9 Å². The van der Waals surface area contributed by atoms with Gasteiger partial charge in [-0.15, -0.1) is 0 Å². The van der Waals surface area contributed by atoms with E-state index in [9.17, 15) is 24.3 Å². The van der Waals surface area contributed by atoms with E-state index >= 15 is 0 Å². The molecule has 2 fully saturated rings. The van der Waals surface area contributed by atoms with E-state index in [0.717, 1.165) is 19.3 Å². The van der Waals surface area contributed by atoms with Crippen molar-refractivity contribution in [3.05, 3.63) is 12.2 Å². The zero-order valence-electron chi connectivity index (χ0n) is 27.7. The van der Waals surface area contributed by atoms with Crippen LogP contribution in [-0.2, 0) is 23.5 Å². The summed E-state index contributed by atoms with van der Waals surface area (Å²) < 4.78 is 12.5. The molecule has 3 rings (SSSR count). The average Bonchev–Trinajstić information content (AvgIpc) is 3.40. The second-order valence-corrected chi connectivity index (χ2v) is 20.0. The molecule has 43 heavy (non-hydrogen) atoms. The highest BCUT2D eigenvalue weighted by molar-refractivity contribution is 6.77. The highest BCUT2D eigenvalue weighted by atomic mass is 28.4. The van der Waals surface area contributed by atoms with Gasteiger partial charge in [0.1, 0.15) is 23.2 Å². The van der Waals surface area contributed by atoms with Crippen molar-refractivity contribution in [3.63, 3.8) is 0 Å². The van der Waals surface area contributed by atoms with Gasteiger partial charge >= 0.3 is 12.1 Å². The fourth-order valence-electron chi connectivity index (χ4n) is 7.29. The molecule has 0 bridgehead atoms. The summed E-state index contributed by atoms with van der Waals surface area (Å²) in [6.07, 6.45) is 7.02. The van der Waals surface area contributed by atoms with Crippen LogP contribution in [0.25, 0.3) is 0 Å². The summed E-state index contributed by atoms with van der Waals surface area (Å²) in [6, 6.07) is -1.79. The van der Waals surface area contributed by atoms with Gasteiger partial charge in [-0.3, -0.25) is 9.59 Å². The Bertz CT molecular complexity index is 1050. The first-order valence-corrected chi connectivity index (χ1v) is 18.3. The summed E-state index contributed by atoms with van der Waals surface area (Å²) >= 11 is 0. The topological polar surface area (TPSA) is 134 Å². The first kappa shape index (κ1) is 35.1. The van der Waals surface area contributed by atoms with Crippen LogP contribution < -0.4 is 10.6 Å². The Labute approximate surface area is 258 Å². The number of nitrogens with zero attached hydrogens (tertiary/aromatic N) is 1. The van der Waals surface area contributed by atoms with Crippen LogP contribution in [0.5, 0.6) is 0 Å². The molecular weight excluding hydrogens is 566 g/mol. The second-order valence-electron chi connectivity index (χ2n) is 14.6. The van der Waals surface area contributed by atoms with Crippen LogP contribution >= 0.6 is 0 Å². The molecule has 0 aromatic heterocycles. The summed E-state index contributed by atoms with van der Waals surface area (Å²) in [5, 5.41) is 15.7. The number of alkyl carbamates (subject to hydrolysis) is 1. The molecule has 244 valence electrons. The van der Waals surface area contributed by atoms with E-state index < -0.39 is 49.5 Å². The predicted molar refractivity (Wildman–Crippen MR) is 168 cm³/mol. The molecule has 2 aliphatic heterocycles. The van der Waals surface area contributed by atoms with Crippen molar-refractivity contribution in [2.75, 3.05) is 6.54 Å². The van der Waals surface area contributed by atoms with Gasteiger partial charge in [0.05, 0.1) is 6.10 Å². The molecule has 2 heterocycles. The summed E-state index contributed by atoms with van der Waals surface area (Å²) in [4.78, 5) is 54.8. The van der Waals surface area contributed by atoms with Crippen molar-refractivity contribution in [1.82, 2.24) is 15.5 Å². The Morgan fingerprint density at radius 3 is 2.26 bits per heavy atom. The van der Waals surface area contributed by atoms with E-state index in [0.29, 0.717) is 35.9 Å². The number of carbonyl (C=O) groups is 4. The fourth-order valence-corrected chi connectivity index (χ4v) is 12.9. The largest absolute Gasteiger partial charge is 0.479 e. The van der Waals surface area contributed by atoms with Crippen LogP contribution in [-0.4, -0.2) is 78.1 Å². The molecule has 11 heteroatoms. The molecule has 0 unspecified atom stereocenters. The third-order valence-corrected chi connectivity index (χ3v) is 15.5. The first-order valence-electron chi connectivity index (χ1n) is 16.1. The molecule has 3 N–H and O–H groups in total. The number of rotatable bonds is 7. The molecule has 5 atom stereocenters. The molecule has 0 aromatic rings. The van der Waals surface area contributed by atoms with Crippen LogP contribution in [0.2, 0.25) is 16.6 Å². The maximum Gasteiger partial charge on any atom is 0.408 e. The number of hydrogen-bond acceptors (Lipinski definition) is 6. The number of aliphatic carboxylic acids is 1. The van der Waals surface area contributed by atoms with Crippen molar-refractivity contribution in [2.24, 2.45) is 5.92 Å². The minimum absolute atomic E-state index is 0.202. The highest BCUT2D eigenvalue weighted by Gasteiger charge is 2.61. The third kappa shape index (κ3) is 8.01. The summed E-state index contributed by atoms with van der Waals surface area (Å²) in [5.41, 5.74) is -1.18. The molecule has 0 aromatic carbocycles. The van der Waals surface area contributed by atoms with E-state index in [2.05, 4.69) is 52.2 Å². The lowest BCUT2D eigenvalue weighted by atomic mass is 10.0. The quantitative estimate of drug-likeness (QED) is 0.252. The molecular formula is C32H55N3O7Si. The van der Waals surface area contributed by atoms with Gasteiger partial charge in [0.25, 0.3) is 0 Å². The van der Waals surface area contributed by atoms with Gasteiger partial charge in [0.2, 0.25) is 20.1 Å². The molecule has 0 spiro atoms. The molecule has 3 aliphatic rings. The van der Waals surface area contributed by atoms with Gasteiger partial charge in [-0.2, -0.15) is 0 Å². The zero-order chi connectivity index (χ0) is 32.3. The van der Waals surface area contributed by atoms with E-state index in [1.807, 2.05) is 12.2 Å². The number of amides is 3. The Hall–Kier alpha value is -2.40. The smallest absolute Gasteiger partial charge is 0.408 e. The standard InChI is InChI=1S/C32H55N3O7Si/c1-20(2)43(21(3)4,22(5)6)42-24-17-26-27(36)34-32(29(38)39)18-23(32)15-13-11-10-12-14-16-25(28(37)35(26)19-24)33-30(40)41-31(7,8)9/h13,15,20-26H,10-12,14,16-19H2,1-9H3,(H,33,40)(H,34,36)(H,38,39)/b15-13-/t23-,24+,25-,26-,32+/m0/s1. The summed E-state index contributed by atoms with van der Waals surface area (Å²) in [5.74, 6) is -2.22. The number of allylic oxidation sites excluding steroid dienone is 1. The SMILES string of the molecule is CC(C)[Si](O[C@@H]1C[C@H]2C(=O)N[C@]3(C(=O)O)C[C@@H]3/C=C\CCCCC[C@H](NC(=O)OC(C)(C)C)C(=O)N2C1)(C(C)C)C(C)C. The normalized spacial score (nSPS) is 29.8. The minimum Gasteiger partial charge on any atom is -0.479 e. The van der Waals surface area contributed by atoms with Gasteiger partial charge in [-0.05, 0) is 63.1 Å². The monoisotopic (exact) mass is 621 g/mol. The maximum atomic E-state index is 14.2. The lowest BCUT2D eigenvalue weighted by molar-refractivity contribution is -0.145. The predicted octanol–water partition coefficient (Wildman–Crippen LogP) is 5.52. The lowest BCUT2D eigenvalue weighted by Gasteiger charge is -2.44. The van der Waals surface area contributed by atoms with Crippen LogP contribution in [0.15, 0.2) is 12.2 Å². The average molecular weight is 622 g/mol. The third-order valence-electron chi connectivity index (χ3n) is 9.39. The van der Waals surface area contributed by atoms with Crippen molar-refractivity contribution in [2.45, 2.75) is 153 Å². The maximum absolute atomic E-state index is 14.2. The van der Waals surface area contributed by atoms with Gasteiger partial charge in [-0.1, -0.05) is 66.5 Å². The first-order chi connectivity index (χ1) is 19.9. The molecule has 0 radical (unpaired) electrons. The minimum atomic E-state index is -2.35. The van der Waals surface area contributed by atoms with Crippen molar-refractivity contribution < 1.29 is 33.4 Å². The van der Waals surface area contributed by atoms with E-state index in [4.69, 9.17) is 9.16 Å². The van der Waals surface area contributed by atoms with Gasteiger partial charge < -0.3 is 29.8 Å². The Morgan fingerprint density at radius 2 is 1.70 bits per heavy atom. The Kier molecular flexibility index (Phi) is 11.2. The Morgan fingerprint density at radius 1 is 1.07 bits per heavy atom. The number of fused-ring (bicyclic) bond motifs is 2. The molecule has 10 nitrogen and oxygen atoms in total. The highest BCUT2D eigenvalue weighted by Crippen LogP contribution is 2.46. The van der Waals surface area contributed by atoms with Crippen LogP contribution in [0.3, 0.4) is 0 Å².